The molecule has 2 aromatic carbocycles. The fraction of sp³-hybridized carbons (Fsp3) is 0.190. The summed E-state index contributed by atoms with van der Waals surface area (Å²) in [5.74, 6) is -1.22. The van der Waals surface area contributed by atoms with Gasteiger partial charge in [0.15, 0.2) is 0 Å². The molecule has 1 saturated heterocycles. The van der Waals surface area contributed by atoms with Crippen molar-refractivity contribution in [3.8, 4) is 0 Å². The van der Waals surface area contributed by atoms with Gasteiger partial charge in [0.25, 0.3) is 5.91 Å². The number of amides is 2. The van der Waals surface area contributed by atoms with Crippen LogP contribution in [0, 0.1) is 12.7 Å². The Morgan fingerprint density at radius 1 is 1.25 bits per heavy atom. The van der Waals surface area contributed by atoms with Gasteiger partial charge in [0.05, 0.1) is 11.1 Å². The molecule has 1 unspecified atom stereocenters. The van der Waals surface area contributed by atoms with Crippen molar-refractivity contribution in [1.82, 2.24) is 15.2 Å². The number of pyridine rings is 1. The summed E-state index contributed by atoms with van der Waals surface area (Å²) in [7, 11) is 0. The lowest BCUT2D eigenvalue weighted by Gasteiger charge is -2.35. The molecule has 5 nitrogen and oxygen atoms in total. The summed E-state index contributed by atoms with van der Waals surface area (Å²) in [6.07, 6.45) is 0. The second kappa shape index (κ2) is 7.31. The van der Waals surface area contributed by atoms with Crippen molar-refractivity contribution < 1.29 is 14.0 Å². The van der Waals surface area contributed by atoms with E-state index in [1.54, 1.807) is 18.2 Å². The van der Waals surface area contributed by atoms with E-state index in [2.05, 4.69) is 26.2 Å². The van der Waals surface area contributed by atoms with E-state index < -0.39 is 11.9 Å². The largest absolute Gasteiger partial charge is 0.352 e. The summed E-state index contributed by atoms with van der Waals surface area (Å²) in [4.78, 5) is 32.0. The number of rotatable bonds is 2. The smallest absolute Gasteiger partial charge is 0.255 e. The molecule has 1 fully saturated rings. The van der Waals surface area contributed by atoms with Gasteiger partial charge in [-0.3, -0.25) is 14.6 Å². The van der Waals surface area contributed by atoms with Crippen molar-refractivity contribution in [3.05, 3.63) is 75.6 Å². The van der Waals surface area contributed by atoms with E-state index in [1.165, 1.54) is 17.0 Å². The monoisotopic (exact) mass is 441 g/mol. The molecule has 7 heteroatoms. The van der Waals surface area contributed by atoms with Crippen LogP contribution in [-0.2, 0) is 4.79 Å². The van der Waals surface area contributed by atoms with Gasteiger partial charge in [-0.1, -0.05) is 40.2 Å². The minimum absolute atomic E-state index is 0.186. The molecular weight excluding hydrogens is 425 g/mol. The third-order valence-corrected chi connectivity index (χ3v) is 5.30. The molecule has 0 bridgehead atoms. The number of carbonyl (C=O) groups is 2. The lowest BCUT2D eigenvalue weighted by molar-refractivity contribution is -0.128. The van der Waals surface area contributed by atoms with E-state index in [4.69, 9.17) is 0 Å². The number of halogens is 2. The van der Waals surface area contributed by atoms with Crippen molar-refractivity contribution in [1.29, 1.82) is 0 Å². The summed E-state index contributed by atoms with van der Waals surface area (Å²) in [5.41, 5.74) is 2.01. The maximum Gasteiger partial charge on any atom is 0.255 e. The van der Waals surface area contributed by atoms with Crippen molar-refractivity contribution in [2.45, 2.75) is 13.0 Å². The molecular formula is C21H17BrFN3O2. The quantitative estimate of drug-likeness (QED) is 0.658. The van der Waals surface area contributed by atoms with E-state index in [1.807, 2.05) is 25.1 Å². The average Bonchev–Trinajstić information content (AvgIpc) is 2.67. The molecule has 1 aliphatic rings. The highest BCUT2D eigenvalue weighted by Gasteiger charge is 2.36. The van der Waals surface area contributed by atoms with Gasteiger partial charge in [0.1, 0.15) is 11.9 Å². The van der Waals surface area contributed by atoms with Crippen molar-refractivity contribution in [2.24, 2.45) is 0 Å². The van der Waals surface area contributed by atoms with Gasteiger partial charge in [0.2, 0.25) is 5.91 Å². The van der Waals surface area contributed by atoms with Crippen molar-refractivity contribution in [2.75, 3.05) is 13.1 Å². The first-order valence-electron chi connectivity index (χ1n) is 8.86. The van der Waals surface area contributed by atoms with Crippen LogP contribution in [0.5, 0.6) is 0 Å². The fourth-order valence-corrected chi connectivity index (χ4v) is 3.91. The van der Waals surface area contributed by atoms with Crippen LogP contribution in [0.15, 0.2) is 53.0 Å². The van der Waals surface area contributed by atoms with Gasteiger partial charge in [0, 0.05) is 34.2 Å². The first-order chi connectivity index (χ1) is 13.5. The lowest BCUT2D eigenvalue weighted by atomic mass is 9.99. The van der Waals surface area contributed by atoms with Gasteiger partial charge in [-0.15, -0.1) is 0 Å². The summed E-state index contributed by atoms with van der Waals surface area (Å²) in [6, 6.07) is 12.3. The summed E-state index contributed by atoms with van der Waals surface area (Å²) in [6.45, 7) is 2.43. The number of fused-ring (bicyclic) bond motifs is 1. The predicted molar refractivity (Wildman–Crippen MR) is 107 cm³/mol. The van der Waals surface area contributed by atoms with E-state index in [0.29, 0.717) is 35.2 Å². The maximum atomic E-state index is 14.4. The highest BCUT2D eigenvalue weighted by molar-refractivity contribution is 9.10. The molecule has 0 saturated carbocycles. The number of piperazine rings is 1. The zero-order valence-electron chi connectivity index (χ0n) is 15.1. The molecule has 0 spiro atoms. The van der Waals surface area contributed by atoms with Crippen LogP contribution in [0.3, 0.4) is 0 Å². The van der Waals surface area contributed by atoms with Crippen LogP contribution in [0.25, 0.3) is 10.9 Å². The topological polar surface area (TPSA) is 62.3 Å². The number of aromatic nitrogens is 1. The standard InChI is InChI=1S/C21H17BrFN3O2/c1-12-10-16(14-7-6-13(22)11-18(14)25-12)21(28)26-9-8-24-20(27)19(26)15-4-2-3-5-17(15)23/h2-7,10-11,19H,8-9H2,1H3,(H,24,27). The fourth-order valence-electron chi connectivity index (χ4n) is 3.56. The lowest BCUT2D eigenvalue weighted by Crippen LogP contribution is -2.52. The van der Waals surface area contributed by atoms with Gasteiger partial charge >= 0.3 is 0 Å². The number of nitrogens with zero attached hydrogens (tertiary/aromatic N) is 2. The van der Waals surface area contributed by atoms with E-state index >= 15 is 0 Å². The second-order valence-corrected chi connectivity index (χ2v) is 7.60. The second-order valence-electron chi connectivity index (χ2n) is 6.69. The molecule has 0 aliphatic carbocycles. The number of hydrogen-bond donors (Lipinski definition) is 1. The Bertz CT molecular complexity index is 1100. The Labute approximate surface area is 169 Å². The summed E-state index contributed by atoms with van der Waals surface area (Å²) in [5, 5.41) is 3.42. The van der Waals surface area contributed by atoms with Crippen LogP contribution in [0.1, 0.15) is 27.7 Å². The molecule has 1 aromatic heterocycles. The Morgan fingerprint density at radius 2 is 2.04 bits per heavy atom. The summed E-state index contributed by atoms with van der Waals surface area (Å²) < 4.78 is 15.3. The van der Waals surface area contributed by atoms with Crippen molar-refractivity contribution >= 4 is 38.6 Å². The van der Waals surface area contributed by atoms with Crippen LogP contribution in [0.2, 0.25) is 0 Å². The number of hydrogen-bond acceptors (Lipinski definition) is 3. The molecule has 0 radical (unpaired) electrons. The third kappa shape index (κ3) is 3.26. The molecule has 1 aliphatic heterocycles. The predicted octanol–water partition coefficient (Wildman–Crippen LogP) is 3.76. The Morgan fingerprint density at radius 3 is 2.82 bits per heavy atom. The molecule has 2 heterocycles. The normalized spacial score (nSPS) is 16.9. The molecule has 2 amide bonds. The van der Waals surface area contributed by atoms with Gasteiger partial charge in [-0.25, -0.2) is 4.39 Å². The Hall–Kier alpha value is -2.80. The van der Waals surface area contributed by atoms with E-state index in [-0.39, 0.29) is 17.4 Å². The zero-order valence-corrected chi connectivity index (χ0v) is 16.7. The Kier molecular flexibility index (Phi) is 4.85. The highest BCUT2D eigenvalue weighted by atomic mass is 79.9. The SMILES string of the molecule is Cc1cc(C(=O)N2CCNC(=O)C2c2ccccc2F)c2ccc(Br)cc2n1. The minimum Gasteiger partial charge on any atom is -0.352 e. The Balaban J connectivity index is 1.83. The van der Waals surface area contributed by atoms with Crippen LogP contribution >= 0.6 is 15.9 Å². The minimum atomic E-state index is -1.01. The average molecular weight is 442 g/mol. The molecule has 142 valence electrons. The number of benzene rings is 2. The zero-order chi connectivity index (χ0) is 19.8. The molecule has 28 heavy (non-hydrogen) atoms. The molecule has 1 atom stereocenters. The number of aryl methyl sites for hydroxylation is 1. The van der Waals surface area contributed by atoms with E-state index in [0.717, 1.165) is 4.47 Å². The number of carbonyl (C=O) groups excluding carboxylic acids is 2. The van der Waals surface area contributed by atoms with Crippen LogP contribution in [-0.4, -0.2) is 34.8 Å². The van der Waals surface area contributed by atoms with Gasteiger partial charge < -0.3 is 10.2 Å². The van der Waals surface area contributed by atoms with E-state index in [9.17, 15) is 14.0 Å². The van der Waals surface area contributed by atoms with Crippen LogP contribution < -0.4 is 5.32 Å². The molecule has 1 N–H and O–H groups in total. The summed E-state index contributed by atoms with van der Waals surface area (Å²) >= 11 is 3.42. The van der Waals surface area contributed by atoms with Gasteiger partial charge in [-0.2, -0.15) is 0 Å². The third-order valence-electron chi connectivity index (χ3n) is 4.80. The molecule has 3 aromatic rings. The van der Waals surface area contributed by atoms with Crippen molar-refractivity contribution in [3.63, 3.8) is 0 Å². The molecule has 4 rings (SSSR count). The van der Waals surface area contributed by atoms with Gasteiger partial charge in [-0.05, 0) is 31.2 Å². The highest BCUT2D eigenvalue weighted by Crippen LogP contribution is 2.30. The maximum absolute atomic E-state index is 14.4. The van der Waals surface area contributed by atoms with Crippen LogP contribution in [0.4, 0.5) is 4.39 Å². The first-order valence-corrected chi connectivity index (χ1v) is 9.65. The first kappa shape index (κ1) is 18.6. The number of nitrogens with one attached hydrogen (secondary N) is 1.